The van der Waals surface area contributed by atoms with Crippen LogP contribution in [0.3, 0.4) is 0 Å². The lowest BCUT2D eigenvalue weighted by atomic mass is 9.96. The van der Waals surface area contributed by atoms with E-state index in [0.29, 0.717) is 0 Å². The molecular formula is C21H34N2O3. The number of hydrogen-bond acceptors (Lipinski definition) is 5. The third kappa shape index (κ3) is 8.00. The van der Waals surface area contributed by atoms with Crippen molar-refractivity contribution in [3.63, 3.8) is 0 Å². The van der Waals surface area contributed by atoms with Gasteiger partial charge in [-0.3, -0.25) is 9.59 Å². The monoisotopic (exact) mass is 362 g/mol. The maximum Gasteiger partial charge on any atom is 0.308 e. The van der Waals surface area contributed by atoms with Crippen molar-refractivity contribution in [2.45, 2.75) is 66.7 Å². The Bertz CT molecular complexity index is 586. The van der Waals surface area contributed by atoms with Crippen LogP contribution in [0.1, 0.15) is 54.0 Å². The molecule has 146 valence electrons. The molecule has 1 atom stereocenters. The maximum absolute atomic E-state index is 12.6. The highest BCUT2D eigenvalue weighted by Gasteiger charge is 2.26. The topological polar surface area (TPSA) is 67.4 Å². The van der Waals surface area contributed by atoms with Crippen LogP contribution < -0.4 is 10.6 Å². The first-order valence-corrected chi connectivity index (χ1v) is 9.29. The summed E-state index contributed by atoms with van der Waals surface area (Å²) in [5.74, 6) is 0.0350. The first-order chi connectivity index (χ1) is 12.0. The van der Waals surface area contributed by atoms with Crippen LogP contribution in [-0.2, 0) is 20.9 Å². The molecule has 0 aliphatic heterocycles. The highest BCUT2D eigenvalue weighted by Crippen LogP contribution is 2.13. The van der Waals surface area contributed by atoms with E-state index in [1.165, 1.54) is 0 Å². The number of rotatable bonds is 9. The van der Waals surface area contributed by atoms with Crippen molar-refractivity contribution in [1.29, 1.82) is 0 Å². The first kappa shape index (κ1) is 22.2. The Kier molecular flexibility index (Phi) is 8.28. The Labute approximate surface area is 157 Å². The Hall–Kier alpha value is -1.88. The summed E-state index contributed by atoms with van der Waals surface area (Å²) >= 11 is 0. The van der Waals surface area contributed by atoms with Crippen LogP contribution in [-0.4, -0.2) is 29.9 Å². The lowest BCUT2D eigenvalue weighted by molar-refractivity contribution is -0.148. The predicted molar refractivity (Wildman–Crippen MR) is 106 cm³/mol. The molecule has 0 amide bonds. The average molecular weight is 363 g/mol. The molecule has 0 spiro atoms. The quantitative estimate of drug-likeness (QED) is 0.655. The molecular weight excluding hydrogens is 328 g/mol. The SMILES string of the molecule is CC(C)C(=O)OCc1ccc(NCC(=O)[C@@H](NC(C)(C)C)C(C)C)cc1. The van der Waals surface area contributed by atoms with Gasteiger partial charge in [-0.25, -0.2) is 0 Å². The molecule has 0 aromatic heterocycles. The van der Waals surface area contributed by atoms with E-state index in [1.807, 2.05) is 38.1 Å². The summed E-state index contributed by atoms with van der Waals surface area (Å²) in [5, 5.41) is 6.58. The number of carbonyl (C=O) groups is 2. The standard InChI is InChI=1S/C21H34N2O3/c1-14(2)19(23-21(5,6)7)18(24)12-22-17-10-8-16(9-11-17)13-26-20(25)15(3)4/h8-11,14-15,19,22-23H,12-13H2,1-7H3/t19-/m0/s1. The maximum atomic E-state index is 12.6. The third-order valence-electron chi connectivity index (χ3n) is 3.88. The Morgan fingerprint density at radius 2 is 1.62 bits per heavy atom. The second-order valence-electron chi connectivity index (χ2n) is 8.40. The fourth-order valence-electron chi connectivity index (χ4n) is 2.42. The van der Waals surface area contributed by atoms with Gasteiger partial charge in [0, 0.05) is 11.2 Å². The van der Waals surface area contributed by atoms with E-state index in [4.69, 9.17) is 4.74 Å². The zero-order valence-electron chi connectivity index (χ0n) is 17.2. The van der Waals surface area contributed by atoms with Crippen LogP contribution in [0, 0.1) is 11.8 Å². The van der Waals surface area contributed by atoms with Crippen molar-refractivity contribution in [2.75, 3.05) is 11.9 Å². The Morgan fingerprint density at radius 1 is 1.04 bits per heavy atom. The molecule has 0 aliphatic carbocycles. The average Bonchev–Trinajstić information content (AvgIpc) is 2.55. The number of benzene rings is 1. The van der Waals surface area contributed by atoms with Crippen LogP contribution in [0.4, 0.5) is 5.69 Å². The van der Waals surface area contributed by atoms with Crippen molar-refractivity contribution in [3.05, 3.63) is 29.8 Å². The fraction of sp³-hybridized carbons (Fsp3) is 0.619. The molecule has 0 unspecified atom stereocenters. The van der Waals surface area contributed by atoms with Crippen LogP contribution in [0.15, 0.2) is 24.3 Å². The number of hydrogen-bond donors (Lipinski definition) is 2. The molecule has 0 saturated heterocycles. The molecule has 2 N–H and O–H groups in total. The number of anilines is 1. The molecule has 0 saturated carbocycles. The van der Waals surface area contributed by atoms with Gasteiger partial charge in [0.1, 0.15) is 6.61 Å². The van der Waals surface area contributed by atoms with Crippen LogP contribution in [0.2, 0.25) is 0 Å². The van der Waals surface area contributed by atoms with Crippen molar-refractivity contribution in [3.8, 4) is 0 Å². The molecule has 1 rings (SSSR count). The van der Waals surface area contributed by atoms with E-state index in [2.05, 4.69) is 45.3 Å². The summed E-state index contributed by atoms with van der Waals surface area (Å²) < 4.78 is 5.21. The summed E-state index contributed by atoms with van der Waals surface area (Å²) in [6, 6.07) is 7.40. The molecule has 1 aromatic rings. The van der Waals surface area contributed by atoms with Gasteiger partial charge >= 0.3 is 5.97 Å². The molecule has 0 radical (unpaired) electrons. The Morgan fingerprint density at radius 3 is 2.08 bits per heavy atom. The second kappa shape index (κ2) is 9.72. The van der Waals surface area contributed by atoms with E-state index < -0.39 is 0 Å². The first-order valence-electron chi connectivity index (χ1n) is 9.29. The molecule has 0 fully saturated rings. The minimum absolute atomic E-state index is 0.111. The molecule has 0 aliphatic rings. The zero-order chi connectivity index (χ0) is 19.9. The minimum atomic E-state index is -0.205. The van der Waals surface area contributed by atoms with Gasteiger partial charge in [-0.05, 0) is 44.4 Å². The Balaban J connectivity index is 2.56. The largest absolute Gasteiger partial charge is 0.461 e. The summed E-state index contributed by atoms with van der Waals surface area (Å²) in [7, 11) is 0. The fourth-order valence-corrected chi connectivity index (χ4v) is 2.42. The summed E-state index contributed by atoms with van der Waals surface area (Å²) in [6.07, 6.45) is 0. The van der Waals surface area contributed by atoms with Crippen LogP contribution in [0.5, 0.6) is 0 Å². The normalized spacial score (nSPS) is 13.0. The van der Waals surface area contributed by atoms with E-state index in [-0.39, 0.29) is 48.3 Å². The lowest BCUT2D eigenvalue weighted by Gasteiger charge is -2.30. The minimum Gasteiger partial charge on any atom is -0.461 e. The third-order valence-corrected chi connectivity index (χ3v) is 3.88. The van der Waals surface area contributed by atoms with Gasteiger partial charge in [0.05, 0.1) is 18.5 Å². The van der Waals surface area contributed by atoms with Gasteiger partial charge in [0.25, 0.3) is 0 Å². The zero-order valence-corrected chi connectivity index (χ0v) is 17.2. The van der Waals surface area contributed by atoms with E-state index in [1.54, 1.807) is 0 Å². The number of ketones is 1. The highest BCUT2D eigenvalue weighted by atomic mass is 16.5. The number of Topliss-reactive ketones (excluding diaryl/α,β-unsaturated/α-hetero) is 1. The van der Waals surface area contributed by atoms with Crippen molar-refractivity contribution < 1.29 is 14.3 Å². The van der Waals surface area contributed by atoms with Crippen LogP contribution >= 0.6 is 0 Å². The van der Waals surface area contributed by atoms with Crippen molar-refractivity contribution in [2.24, 2.45) is 11.8 Å². The molecule has 1 aromatic carbocycles. The molecule has 0 bridgehead atoms. The predicted octanol–water partition coefficient (Wildman–Crippen LogP) is 3.78. The number of esters is 1. The summed E-state index contributed by atoms with van der Waals surface area (Å²) in [6.45, 7) is 14.4. The molecule has 5 heteroatoms. The van der Waals surface area contributed by atoms with Gasteiger partial charge in [-0.2, -0.15) is 0 Å². The van der Waals surface area contributed by atoms with Gasteiger partial charge in [-0.15, -0.1) is 0 Å². The molecule has 5 nitrogen and oxygen atoms in total. The number of ether oxygens (including phenoxy) is 1. The number of nitrogens with one attached hydrogen (secondary N) is 2. The second-order valence-corrected chi connectivity index (χ2v) is 8.40. The van der Waals surface area contributed by atoms with E-state index in [0.717, 1.165) is 11.3 Å². The van der Waals surface area contributed by atoms with Gasteiger partial charge in [-0.1, -0.05) is 39.8 Å². The van der Waals surface area contributed by atoms with E-state index >= 15 is 0 Å². The highest BCUT2D eigenvalue weighted by molar-refractivity contribution is 5.88. The van der Waals surface area contributed by atoms with Gasteiger partial charge in [0.2, 0.25) is 0 Å². The number of carbonyl (C=O) groups excluding carboxylic acids is 2. The van der Waals surface area contributed by atoms with Gasteiger partial charge in [0.15, 0.2) is 5.78 Å². The summed E-state index contributed by atoms with van der Waals surface area (Å²) in [5.41, 5.74) is 1.68. The van der Waals surface area contributed by atoms with Gasteiger partial charge < -0.3 is 15.4 Å². The smallest absolute Gasteiger partial charge is 0.308 e. The lowest BCUT2D eigenvalue weighted by Crippen LogP contribution is -2.51. The van der Waals surface area contributed by atoms with Crippen molar-refractivity contribution in [1.82, 2.24) is 5.32 Å². The van der Waals surface area contributed by atoms with Crippen LogP contribution in [0.25, 0.3) is 0 Å². The summed E-state index contributed by atoms with van der Waals surface area (Å²) in [4.78, 5) is 24.1. The molecule has 26 heavy (non-hydrogen) atoms. The molecule has 0 heterocycles. The van der Waals surface area contributed by atoms with E-state index in [9.17, 15) is 9.59 Å². The van der Waals surface area contributed by atoms with Crippen molar-refractivity contribution >= 4 is 17.4 Å².